The van der Waals surface area contributed by atoms with Gasteiger partial charge in [-0.3, -0.25) is 0 Å². The van der Waals surface area contributed by atoms with Gasteiger partial charge in [-0.1, -0.05) is 41.6 Å². The molecule has 0 amide bonds. The highest BCUT2D eigenvalue weighted by Crippen LogP contribution is 2.27. The summed E-state index contributed by atoms with van der Waals surface area (Å²) in [5, 5.41) is 20.8. The summed E-state index contributed by atoms with van der Waals surface area (Å²) in [5.74, 6) is 1.24. The van der Waals surface area contributed by atoms with Crippen LogP contribution in [0.5, 0.6) is 11.5 Å². The summed E-state index contributed by atoms with van der Waals surface area (Å²) in [6, 6.07) is 16.3. The third kappa shape index (κ3) is 3.31. The van der Waals surface area contributed by atoms with E-state index in [1.54, 1.807) is 31.4 Å². The lowest BCUT2D eigenvalue weighted by Crippen LogP contribution is -2.06. The Bertz CT molecular complexity index is 690. The monoisotopic (exact) mass is 282 g/mol. The first-order valence-corrected chi connectivity index (χ1v) is 6.26. The Kier molecular flexibility index (Phi) is 4.78. The topological polar surface area (TPSA) is 74.8 Å². The molecular weight excluding hydrogens is 268 g/mol. The highest BCUT2D eigenvalue weighted by atomic mass is 16.5. The Morgan fingerprint density at radius 2 is 1.81 bits per heavy atom. The minimum absolute atomic E-state index is 0.0470. The molecule has 0 spiro atoms. The van der Waals surface area contributed by atoms with Crippen LogP contribution >= 0.6 is 0 Å². The molecule has 0 aliphatic rings. The second kappa shape index (κ2) is 6.96. The average molecular weight is 282 g/mol. The molecule has 1 N–H and O–H groups in total. The number of ether oxygens (including phenoxy) is 2. The van der Waals surface area contributed by atoms with E-state index in [1.807, 2.05) is 30.3 Å². The van der Waals surface area contributed by atoms with Crippen molar-refractivity contribution in [3.8, 4) is 17.6 Å². The quantitative estimate of drug-likeness (QED) is 0.519. The second-order valence-electron chi connectivity index (χ2n) is 4.16. The zero-order valence-corrected chi connectivity index (χ0v) is 11.5. The first kappa shape index (κ1) is 14.4. The fraction of sp³-hybridized carbons (Fsp3) is 0.125. The molecule has 0 saturated heterocycles. The molecule has 0 fully saturated rings. The van der Waals surface area contributed by atoms with Crippen molar-refractivity contribution in [3.05, 3.63) is 59.7 Å². The van der Waals surface area contributed by atoms with Crippen LogP contribution in [0.25, 0.3) is 0 Å². The number of nitrogens with zero attached hydrogens (tertiary/aromatic N) is 2. The fourth-order valence-electron chi connectivity index (χ4n) is 1.91. The lowest BCUT2D eigenvalue weighted by Gasteiger charge is -2.12. The third-order valence-electron chi connectivity index (χ3n) is 2.93. The zero-order valence-electron chi connectivity index (χ0n) is 11.5. The zero-order chi connectivity index (χ0) is 15.1. The maximum atomic E-state index is 8.97. The van der Waals surface area contributed by atoms with Gasteiger partial charge in [-0.2, -0.15) is 5.26 Å². The van der Waals surface area contributed by atoms with E-state index in [2.05, 4.69) is 5.16 Å². The second-order valence-corrected chi connectivity index (χ2v) is 4.16. The van der Waals surface area contributed by atoms with Crippen molar-refractivity contribution < 1.29 is 14.7 Å². The van der Waals surface area contributed by atoms with E-state index in [0.29, 0.717) is 17.1 Å². The van der Waals surface area contributed by atoms with Gasteiger partial charge in [0.25, 0.3) is 0 Å². The van der Waals surface area contributed by atoms with E-state index in [-0.39, 0.29) is 12.3 Å². The molecule has 0 aromatic heterocycles. The summed E-state index contributed by atoms with van der Waals surface area (Å²) in [4.78, 5) is 0. The number of oxime groups is 1. The van der Waals surface area contributed by atoms with Crippen molar-refractivity contribution in [1.29, 1.82) is 5.26 Å². The number of rotatable bonds is 5. The van der Waals surface area contributed by atoms with Gasteiger partial charge >= 0.3 is 0 Å². The molecule has 0 saturated carbocycles. The molecule has 2 rings (SSSR count). The van der Waals surface area contributed by atoms with Crippen LogP contribution in [0.4, 0.5) is 0 Å². The Morgan fingerprint density at radius 3 is 2.48 bits per heavy atom. The molecule has 0 heterocycles. The van der Waals surface area contributed by atoms with Crippen molar-refractivity contribution in [3.63, 3.8) is 0 Å². The lowest BCUT2D eigenvalue weighted by molar-refractivity contribution is 0.284. The normalized spacial score (nSPS) is 10.8. The number of hydrogen-bond acceptors (Lipinski definition) is 5. The van der Waals surface area contributed by atoms with Crippen LogP contribution in [-0.2, 0) is 6.61 Å². The van der Waals surface area contributed by atoms with Gasteiger partial charge in [0.2, 0.25) is 0 Å². The van der Waals surface area contributed by atoms with Crippen LogP contribution in [0.3, 0.4) is 0 Å². The van der Waals surface area contributed by atoms with E-state index in [4.69, 9.17) is 19.9 Å². The van der Waals surface area contributed by atoms with Gasteiger partial charge in [-0.25, -0.2) is 0 Å². The van der Waals surface area contributed by atoms with Gasteiger partial charge in [0.15, 0.2) is 17.2 Å². The molecule has 0 unspecified atom stereocenters. The van der Waals surface area contributed by atoms with Crippen LogP contribution in [0.15, 0.2) is 53.7 Å². The molecule has 0 aliphatic heterocycles. The Hall–Kier alpha value is -3.00. The maximum Gasteiger partial charge on any atom is 0.187 e. The number of nitriles is 1. The first-order chi connectivity index (χ1) is 10.3. The standard InChI is InChI=1S/C16H14N2O3/c1-20-15-8-4-5-9-16(15)21-11-12-6-2-3-7-13(12)14(10-17)18-19/h2-9,19H,11H2,1H3. The summed E-state index contributed by atoms with van der Waals surface area (Å²) >= 11 is 0. The average Bonchev–Trinajstić information content (AvgIpc) is 2.55. The molecular formula is C16H14N2O3. The van der Waals surface area contributed by atoms with Crippen molar-refractivity contribution in [1.82, 2.24) is 0 Å². The number of benzene rings is 2. The van der Waals surface area contributed by atoms with Crippen LogP contribution < -0.4 is 9.47 Å². The molecule has 2 aromatic rings. The highest BCUT2D eigenvalue weighted by molar-refractivity contribution is 6.12. The summed E-state index contributed by atoms with van der Waals surface area (Å²) in [6.07, 6.45) is 0. The van der Waals surface area contributed by atoms with E-state index < -0.39 is 0 Å². The van der Waals surface area contributed by atoms with E-state index in [0.717, 1.165) is 5.56 Å². The van der Waals surface area contributed by atoms with Gasteiger partial charge in [-0.05, 0) is 17.7 Å². The van der Waals surface area contributed by atoms with E-state index in [9.17, 15) is 0 Å². The summed E-state index contributed by atoms with van der Waals surface area (Å²) < 4.78 is 10.9. The molecule has 5 heteroatoms. The van der Waals surface area contributed by atoms with Crippen LogP contribution in [0.2, 0.25) is 0 Å². The Labute approximate surface area is 122 Å². The highest BCUT2D eigenvalue weighted by Gasteiger charge is 2.10. The Balaban J connectivity index is 2.23. The molecule has 21 heavy (non-hydrogen) atoms. The molecule has 106 valence electrons. The van der Waals surface area contributed by atoms with Gasteiger partial charge in [0.05, 0.1) is 7.11 Å². The number of hydrogen-bond donors (Lipinski definition) is 1. The predicted molar refractivity (Wildman–Crippen MR) is 77.7 cm³/mol. The van der Waals surface area contributed by atoms with Gasteiger partial charge in [0.1, 0.15) is 12.7 Å². The summed E-state index contributed by atoms with van der Waals surface area (Å²) in [6.45, 7) is 0.233. The maximum absolute atomic E-state index is 8.97. The van der Waals surface area contributed by atoms with Crippen molar-refractivity contribution in [2.24, 2.45) is 5.16 Å². The minimum Gasteiger partial charge on any atom is -0.493 e. The molecule has 2 aromatic carbocycles. The third-order valence-corrected chi connectivity index (χ3v) is 2.93. The number of para-hydroxylation sites is 2. The van der Waals surface area contributed by atoms with Gasteiger partial charge in [0, 0.05) is 5.56 Å². The van der Waals surface area contributed by atoms with Gasteiger partial charge < -0.3 is 14.7 Å². The summed E-state index contributed by atoms with van der Waals surface area (Å²) in [5.41, 5.74) is 1.24. The predicted octanol–water partition coefficient (Wildman–Crippen LogP) is 2.98. The minimum atomic E-state index is -0.0470. The lowest BCUT2D eigenvalue weighted by atomic mass is 10.0. The summed E-state index contributed by atoms with van der Waals surface area (Å²) in [7, 11) is 1.57. The van der Waals surface area contributed by atoms with Gasteiger partial charge in [-0.15, -0.1) is 0 Å². The van der Waals surface area contributed by atoms with E-state index in [1.165, 1.54) is 0 Å². The van der Waals surface area contributed by atoms with Crippen LogP contribution in [-0.4, -0.2) is 18.0 Å². The van der Waals surface area contributed by atoms with E-state index >= 15 is 0 Å². The first-order valence-electron chi connectivity index (χ1n) is 6.26. The Morgan fingerprint density at radius 1 is 1.14 bits per heavy atom. The fourth-order valence-corrected chi connectivity index (χ4v) is 1.91. The molecule has 0 radical (unpaired) electrons. The number of methoxy groups -OCH3 is 1. The van der Waals surface area contributed by atoms with Crippen molar-refractivity contribution >= 4 is 5.71 Å². The molecule has 0 bridgehead atoms. The molecule has 5 nitrogen and oxygen atoms in total. The molecule has 0 aliphatic carbocycles. The molecule has 0 atom stereocenters. The largest absolute Gasteiger partial charge is 0.493 e. The van der Waals surface area contributed by atoms with Crippen LogP contribution in [0.1, 0.15) is 11.1 Å². The van der Waals surface area contributed by atoms with Crippen molar-refractivity contribution in [2.75, 3.05) is 7.11 Å². The van der Waals surface area contributed by atoms with Crippen molar-refractivity contribution in [2.45, 2.75) is 6.61 Å². The SMILES string of the molecule is COc1ccccc1OCc1ccccc1C(C#N)=NO. The smallest absolute Gasteiger partial charge is 0.187 e. The van der Waals surface area contributed by atoms with Crippen LogP contribution in [0, 0.1) is 11.3 Å².